The van der Waals surface area contributed by atoms with Crippen LogP contribution in [-0.4, -0.2) is 49.8 Å². The minimum absolute atomic E-state index is 0.0390. The van der Waals surface area contributed by atoms with E-state index in [2.05, 4.69) is 28.5 Å². The summed E-state index contributed by atoms with van der Waals surface area (Å²) in [7, 11) is 0. The molecule has 2 N–H and O–H groups in total. The van der Waals surface area contributed by atoms with E-state index in [9.17, 15) is 19.8 Å². The maximum Gasteiger partial charge on any atom is 0.335 e. The van der Waals surface area contributed by atoms with Gasteiger partial charge in [-0.1, -0.05) is 30.3 Å². The number of benzene rings is 3. The maximum atomic E-state index is 11.3. The summed E-state index contributed by atoms with van der Waals surface area (Å²) in [6.45, 7) is 4.96. The van der Waals surface area contributed by atoms with Crippen LogP contribution >= 0.6 is 0 Å². The first-order chi connectivity index (χ1) is 17.4. The summed E-state index contributed by atoms with van der Waals surface area (Å²) < 4.78 is 8.19. The average molecular weight is 486 g/mol. The molecule has 1 aliphatic rings. The molecule has 0 saturated carbocycles. The molecule has 0 unspecified atom stereocenters. The summed E-state index contributed by atoms with van der Waals surface area (Å²) in [5.41, 5.74) is 5.70. The average Bonchev–Trinajstić information content (AvgIpc) is 3.23. The fourth-order valence-electron chi connectivity index (χ4n) is 4.76. The minimum Gasteiger partial charge on any atom is -0.478 e. The maximum absolute atomic E-state index is 11.3. The lowest BCUT2D eigenvalue weighted by Crippen LogP contribution is -2.35. The first kappa shape index (κ1) is 23.7. The Morgan fingerprint density at radius 2 is 1.53 bits per heavy atom. The van der Waals surface area contributed by atoms with Gasteiger partial charge in [0.1, 0.15) is 12.4 Å². The van der Waals surface area contributed by atoms with E-state index in [-0.39, 0.29) is 17.2 Å². The first-order valence-corrected chi connectivity index (χ1v) is 11.8. The highest BCUT2D eigenvalue weighted by Crippen LogP contribution is 2.28. The van der Waals surface area contributed by atoms with Crippen LogP contribution in [-0.2, 0) is 24.4 Å². The topological polar surface area (TPSA) is 105 Å². The number of carboxylic acids is 2. The number of hydrogen-bond donors (Lipinski definition) is 2. The molecule has 1 aliphatic heterocycles. The zero-order valence-electron chi connectivity index (χ0n) is 19.9. The van der Waals surface area contributed by atoms with E-state index in [0.29, 0.717) is 32.8 Å². The molecule has 4 aromatic rings. The van der Waals surface area contributed by atoms with Gasteiger partial charge in [-0.05, 0) is 60.0 Å². The summed E-state index contributed by atoms with van der Waals surface area (Å²) in [6, 6.07) is 20.1. The molecule has 0 amide bonds. The molecule has 0 aliphatic carbocycles. The van der Waals surface area contributed by atoms with Crippen molar-refractivity contribution in [1.29, 1.82) is 0 Å². The van der Waals surface area contributed by atoms with Gasteiger partial charge in [-0.2, -0.15) is 0 Å². The van der Waals surface area contributed by atoms with Crippen molar-refractivity contribution in [1.82, 2.24) is 14.5 Å². The van der Waals surface area contributed by atoms with Crippen LogP contribution in [0.1, 0.15) is 49.3 Å². The standard InChI is InChI=1S/C28H27N3O5/c1-18-2-11-24-25(12-18)31-23(16-36-17-26(31)29-24)15-30(13-19-3-7-21(8-4-19)27(32)33)14-20-5-9-22(10-6-20)28(34)35/h2-12,23H,13-17H2,1H3,(H,32,33)(H,34,35)/t23-/m0/s1. The fourth-order valence-corrected chi connectivity index (χ4v) is 4.76. The summed E-state index contributed by atoms with van der Waals surface area (Å²) >= 11 is 0. The van der Waals surface area contributed by atoms with Crippen molar-refractivity contribution in [2.45, 2.75) is 32.7 Å². The lowest BCUT2D eigenvalue weighted by atomic mass is 10.1. The molecule has 0 fully saturated rings. The van der Waals surface area contributed by atoms with Crippen molar-refractivity contribution in [3.05, 3.63) is 100 Å². The number of ether oxygens (including phenoxy) is 1. The fraction of sp³-hybridized carbons (Fsp3) is 0.250. The van der Waals surface area contributed by atoms with Crippen molar-refractivity contribution < 1.29 is 24.5 Å². The van der Waals surface area contributed by atoms with E-state index < -0.39 is 11.9 Å². The molecule has 36 heavy (non-hydrogen) atoms. The number of hydrogen-bond acceptors (Lipinski definition) is 5. The minimum atomic E-state index is -0.953. The predicted molar refractivity (Wildman–Crippen MR) is 134 cm³/mol. The Kier molecular flexibility index (Phi) is 6.54. The van der Waals surface area contributed by atoms with E-state index in [1.54, 1.807) is 24.3 Å². The van der Waals surface area contributed by atoms with E-state index in [0.717, 1.165) is 28.0 Å². The monoisotopic (exact) mass is 485 g/mol. The highest BCUT2D eigenvalue weighted by atomic mass is 16.5. The van der Waals surface area contributed by atoms with Gasteiger partial charge in [-0.15, -0.1) is 0 Å². The van der Waals surface area contributed by atoms with Gasteiger partial charge < -0.3 is 19.5 Å². The molecule has 0 radical (unpaired) electrons. The highest BCUT2D eigenvalue weighted by molar-refractivity contribution is 5.88. The summed E-state index contributed by atoms with van der Waals surface area (Å²) in [5.74, 6) is -0.999. The van der Waals surface area contributed by atoms with Crippen LogP contribution in [0.5, 0.6) is 0 Å². The SMILES string of the molecule is Cc1ccc2nc3n(c2c1)[C@@H](CN(Cc1ccc(C(=O)O)cc1)Cc1ccc(C(=O)O)cc1)COC3. The lowest BCUT2D eigenvalue weighted by molar-refractivity contribution is 0.0402. The largest absolute Gasteiger partial charge is 0.478 e. The van der Waals surface area contributed by atoms with Crippen LogP contribution in [0.3, 0.4) is 0 Å². The molecular formula is C28H27N3O5. The van der Waals surface area contributed by atoms with Gasteiger partial charge in [0.2, 0.25) is 0 Å². The number of aromatic nitrogens is 2. The highest BCUT2D eigenvalue weighted by Gasteiger charge is 2.26. The molecule has 2 heterocycles. The van der Waals surface area contributed by atoms with Crippen molar-refractivity contribution in [3.8, 4) is 0 Å². The Morgan fingerprint density at radius 3 is 2.08 bits per heavy atom. The quantitative estimate of drug-likeness (QED) is 0.378. The first-order valence-electron chi connectivity index (χ1n) is 11.8. The van der Waals surface area contributed by atoms with Gasteiger partial charge in [0, 0.05) is 19.6 Å². The number of aromatic carboxylic acids is 2. The second-order valence-corrected chi connectivity index (χ2v) is 9.23. The summed E-state index contributed by atoms with van der Waals surface area (Å²) in [5, 5.41) is 18.5. The number of fused-ring (bicyclic) bond motifs is 3. The third-order valence-electron chi connectivity index (χ3n) is 6.51. The number of carbonyl (C=O) groups is 2. The molecule has 0 bridgehead atoms. The van der Waals surface area contributed by atoms with Gasteiger partial charge in [0.25, 0.3) is 0 Å². The van der Waals surface area contributed by atoms with Crippen molar-refractivity contribution >= 4 is 23.0 Å². The predicted octanol–water partition coefficient (Wildman–Crippen LogP) is 4.51. The Bertz CT molecular complexity index is 1350. The Hall–Kier alpha value is -4.01. The number of imidazole rings is 1. The Labute approximate surface area is 208 Å². The molecule has 8 nitrogen and oxygen atoms in total. The van der Waals surface area contributed by atoms with E-state index in [1.165, 1.54) is 5.56 Å². The molecule has 1 aromatic heterocycles. The van der Waals surface area contributed by atoms with Crippen LogP contribution in [0.2, 0.25) is 0 Å². The van der Waals surface area contributed by atoms with Crippen LogP contribution in [0.15, 0.2) is 66.7 Å². The molecule has 0 saturated heterocycles. The van der Waals surface area contributed by atoms with Gasteiger partial charge in [-0.3, -0.25) is 4.90 Å². The molecule has 0 spiro atoms. The van der Waals surface area contributed by atoms with E-state index in [4.69, 9.17) is 9.72 Å². The Balaban J connectivity index is 1.44. The van der Waals surface area contributed by atoms with Crippen LogP contribution < -0.4 is 0 Å². The van der Waals surface area contributed by atoms with E-state index >= 15 is 0 Å². The lowest BCUT2D eigenvalue weighted by Gasteiger charge is -2.32. The second-order valence-electron chi connectivity index (χ2n) is 9.23. The normalized spacial score (nSPS) is 15.2. The van der Waals surface area contributed by atoms with Gasteiger partial charge in [0.15, 0.2) is 0 Å². The Morgan fingerprint density at radius 1 is 0.944 bits per heavy atom. The van der Waals surface area contributed by atoms with Crippen LogP contribution in [0, 0.1) is 6.92 Å². The number of nitrogens with zero attached hydrogens (tertiary/aromatic N) is 3. The second kappa shape index (κ2) is 9.93. The molecule has 184 valence electrons. The van der Waals surface area contributed by atoms with Crippen LogP contribution in [0.4, 0.5) is 0 Å². The number of rotatable bonds is 8. The number of carboxylic acid groups (broad SMARTS) is 2. The van der Waals surface area contributed by atoms with Crippen molar-refractivity contribution in [3.63, 3.8) is 0 Å². The summed E-state index contributed by atoms with van der Waals surface area (Å²) in [4.78, 5) is 29.6. The molecule has 5 rings (SSSR count). The van der Waals surface area contributed by atoms with Gasteiger partial charge in [0.05, 0.1) is 34.8 Å². The van der Waals surface area contributed by atoms with E-state index in [1.807, 2.05) is 30.3 Å². The third-order valence-corrected chi connectivity index (χ3v) is 6.51. The van der Waals surface area contributed by atoms with Gasteiger partial charge in [-0.25, -0.2) is 14.6 Å². The summed E-state index contributed by atoms with van der Waals surface area (Å²) in [6.07, 6.45) is 0. The molecule has 3 aromatic carbocycles. The molecule has 8 heteroatoms. The zero-order chi connectivity index (χ0) is 25.2. The molecule has 1 atom stereocenters. The van der Waals surface area contributed by atoms with Crippen molar-refractivity contribution in [2.75, 3.05) is 13.2 Å². The molecular weight excluding hydrogens is 458 g/mol. The van der Waals surface area contributed by atoms with Crippen LogP contribution in [0.25, 0.3) is 11.0 Å². The van der Waals surface area contributed by atoms with Crippen molar-refractivity contribution in [2.24, 2.45) is 0 Å². The third kappa shape index (κ3) is 5.00. The number of aryl methyl sites for hydroxylation is 1. The zero-order valence-corrected chi connectivity index (χ0v) is 19.9. The smallest absolute Gasteiger partial charge is 0.335 e. The van der Waals surface area contributed by atoms with Gasteiger partial charge >= 0.3 is 11.9 Å².